The molecule has 146 valence electrons. The van der Waals surface area contributed by atoms with Crippen molar-refractivity contribution in [1.82, 2.24) is 10.2 Å². The molecule has 1 aromatic heterocycles. The molecule has 2 aromatic carbocycles. The summed E-state index contributed by atoms with van der Waals surface area (Å²) in [6.07, 6.45) is 2.20. The number of hydrogen-bond acceptors (Lipinski definition) is 4. The van der Waals surface area contributed by atoms with E-state index in [0.717, 1.165) is 37.9 Å². The summed E-state index contributed by atoms with van der Waals surface area (Å²) in [6.45, 7) is 3.82. The van der Waals surface area contributed by atoms with Crippen LogP contribution in [0, 0.1) is 5.92 Å². The Kier molecular flexibility index (Phi) is 5.63. The van der Waals surface area contributed by atoms with Gasteiger partial charge in [-0.1, -0.05) is 42.5 Å². The number of amides is 1. The first kappa shape index (κ1) is 18.6. The Labute approximate surface area is 165 Å². The lowest BCUT2D eigenvalue weighted by Gasteiger charge is -2.32. The molecule has 0 spiro atoms. The third-order valence-corrected chi connectivity index (χ3v) is 5.46. The highest BCUT2D eigenvalue weighted by Gasteiger charge is 2.21. The molecular formula is C23H26N2O3. The molecule has 3 aromatic rings. The minimum Gasteiger partial charge on any atom is -0.493 e. The van der Waals surface area contributed by atoms with Crippen LogP contribution in [0.3, 0.4) is 0 Å². The molecule has 0 saturated carbocycles. The van der Waals surface area contributed by atoms with Gasteiger partial charge >= 0.3 is 0 Å². The van der Waals surface area contributed by atoms with Gasteiger partial charge in [-0.15, -0.1) is 0 Å². The Morgan fingerprint density at radius 1 is 1.14 bits per heavy atom. The number of fused-ring (bicyclic) bond motifs is 1. The van der Waals surface area contributed by atoms with Crippen molar-refractivity contribution >= 4 is 16.9 Å². The van der Waals surface area contributed by atoms with Gasteiger partial charge in [0, 0.05) is 18.5 Å². The Morgan fingerprint density at radius 2 is 1.93 bits per heavy atom. The quantitative estimate of drug-likeness (QED) is 0.702. The van der Waals surface area contributed by atoms with E-state index in [9.17, 15) is 4.79 Å². The van der Waals surface area contributed by atoms with Gasteiger partial charge in [-0.05, 0) is 49.5 Å². The highest BCUT2D eigenvalue weighted by atomic mass is 16.5. The van der Waals surface area contributed by atoms with Crippen LogP contribution in [-0.2, 0) is 6.54 Å². The maximum Gasteiger partial charge on any atom is 0.287 e. The van der Waals surface area contributed by atoms with E-state index in [0.29, 0.717) is 29.6 Å². The summed E-state index contributed by atoms with van der Waals surface area (Å²) < 4.78 is 11.0. The fourth-order valence-electron chi connectivity index (χ4n) is 3.82. The SMILES string of the molecule is COc1cccc2cc(C(=O)NCC3CCN(Cc4ccccc4)CC3)oc12. The van der Waals surface area contributed by atoms with Crippen LogP contribution in [0.1, 0.15) is 29.0 Å². The van der Waals surface area contributed by atoms with E-state index in [4.69, 9.17) is 9.15 Å². The summed E-state index contributed by atoms with van der Waals surface area (Å²) in [6, 6.07) is 18.0. The zero-order chi connectivity index (χ0) is 19.3. The number of likely N-dealkylation sites (tertiary alicyclic amines) is 1. The van der Waals surface area contributed by atoms with E-state index in [-0.39, 0.29) is 5.91 Å². The predicted molar refractivity (Wildman–Crippen MR) is 110 cm³/mol. The van der Waals surface area contributed by atoms with Crippen molar-refractivity contribution in [2.45, 2.75) is 19.4 Å². The molecule has 2 heterocycles. The van der Waals surface area contributed by atoms with Crippen molar-refractivity contribution < 1.29 is 13.9 Å². The van der Waals surface area contributed by atoms with Crippen LogP contribution in [0.15, 0.2) is 59.0 Å². The first-order valence-corrected chi connectivity index (χ1v) is 9.84. The molecule has 0 unspecified atom stereocenters. The lowest BCUT2D eigenvalue weighted by molar-refractivity contribution is 0.0909. The normalized spacial score (nSPS) is 15.6. The number of nitrogens with zero attached hydrogens (tertiary/aromatic N) is 1. The highest BCUT2D eigenvalue weighted by molar-refractivity contribution is 5.97. The lowest BCUT2D eigenvalue weighted by Crippen LogP contribution is -2.38. The largest absolute Gasteiger partial charge is 0.493 e. The molecule has 4 rings (SSSR count). The number of hydrogen-bond donors (Lipinski definition) is 1. The molecule has 1 aliphatic heterocycles. The topological polar surface area (TPSA) is 54.7 Å². The second kappa shape index (κ2) is 8.48. The number of furan rings is 1. The molecule has 1 amide bonds. The molecule has 0 atom stereocenters. The van der Waals surface area contributed by atoms with E-state index in [1.54, 1.807) is 13.2 Å². The number of carbonyl (C=O) groups excluding carboxylic acids is 1. The molecule has 0 radical (unpaired) electrons. The fourth-order valence-corrected chi connectivity index (χ4v) is 3.82. The molecule has 1 N–H and O–H groups in total. The molecule has 5 nitrogen and oxygen atoms in total. The predicted octanol–water partition coefficient (Wildman–Crippen LogP) is 4.08. The van der Waals surface area contributed by atoms with Gasteiger partial charge in [0.1, 0.15) is 0 Å². The lowest BCUT2D eigenvalue weighted by atomic mass is 9.96. The number of piperidine rings is 1. The number of rotatable bonds is 6. The zero-order valence-corrected chi connectivity index (χ0v) is 16.2. The van der Waals surface area contributed by atoms with Crippen molar-refractivity contribution in [2.75, 3.05) is 26.7 Å². The third-order valence-electron chi connectivity index (χ3n) is 5.46. The number of carbonyl (C=O) groups is 1. The molecular weight excluding hydrogens is 352 g/mol. The van der Waals surface area contributed by atoms with E-state index in [1.165, 1.54) is 5.56 Å². The van der Waals surface area contributed by atoms with Gasteiger partial charge in [0.05, 0.1) is 7.11 Å². The second-order valence-corrected chi connectivity index (χ2v) is 7.40. The standard InChI is InChI=1S/C23H26N2O3/c1-27-20-9-5-8-19-14-21(28-22(19)20)23(26)24-15-17-10-12-25(13-11-17)16-18-6-3-2-4-7-18/h2-9,14,17H,10-13,15-16H2,1H3,(H,24,26). The minimum atomic E-state index is -0.162. The Hall–Kier alpha value is -2.79. The fraction of sp³-hybridized carbons (Fsp3) is 0.348. The number of benzene rings is 2. The van der Waals surface area contributed by atoms with Gasteiger partial charge in [-0.25, -0.2) is 0 Å². The molecule has 0 bridgehead atoms. The highest BCUT2D eigenvalue weighted by Crippen LogP contribution is 2.28. The molecule has 5 heteroatoms. The Balaban J connectivity index is 1.28. The van der Waals surface area contributed by atoms with Crippen LogP contribution >= 0.6 is 0 Å². The summed E-state index contributed by atoms with van der Waals surface area (Å²) in [4.78, 5) is 15.0. The van der Waals surface area contributed by atoms with E-state index < -0.39 is 0 Å². The van der Waals surface area contributed by atoms with Gasteiger partial charge < -0.3 is 14.5 Å². The number of para-hydroxylation sites is 1. The van der Waals surface area contributed by atoms with Gasteiger partial charge in [-0.2, -0.15) is 0 Å². The molecule has 1 saturated heterocycles. The first-order chi connectivity index (χ1) is 13.7. The van der Waals surface area contributed by atoms with E-state index >= 15 is 0 Å². The van der Waals surface area contributed by atoms with Crippen molar-refractivity contribution in [1.29, 1.82) is 0 Å². The summed E-state index contributed by atoms with van der Waals surface area (Å²) in [5.41, 5.74) is 1.97. The second-order valence-electron chi connectivity index (χ2n) is 7.40. The Morgan fingerprint density at radius 3 is 2.68 bits per heavy atom. The summed E-state index contributed by atoms with van der Waals surface area (Å²) in [5, 5.41) is 3.91. The van der Waals surface area contributed by atoms with Crippen LogP contribution in [0.5, 0.6) is 5.75 Å². The molecule has 0 aliphatic carbocycles. The van der Waals surface area contributed by atoms with Gasteiger partial charge in [0.25, 0.3) is 5.91 Å². The summed E-state index contributed by atoms with van der Waals surface area (Å²) in [7, 11) is 1.60. The van der Waals surface area contributed by atoms with Crippen LogP contribution in [0.2, 0.25) is 0 Å². The van der Waals surface area contributed by atoms with Crippen LogP contribution in [-0.4, -0.2) is 37.6 Å². The number of ether oxygens (including phenoxy) is 1. The molecule has 1 aliphatic rings. The van der Waals surface area contributed by atoms with Crippen LogP contribution in [0.4, 0.5) is 0 Å². The van der Waals surface area contributed by atoms with Crippen LogP contribution in [0.25, 0.3) is 11.0 Å². The van der Waals surface area contributed by atoms with E-state index in [2.05, 4.69) is 40.5 Å². The zero-order valence-electron chi connectivity index (χ0n) is 16.2. The average Bonchev–Trinajstić information content (AvgIpc) is 3.18. The van der Waals surface area contributed by atoms with Gasteiger partial charge in [0.2, 0.25) is 0 Å². The Bertz CT molecular complexity index is 927. The van der Waals surface area contributed by atoms with Crippen molar-refractivity contribution in [2.24, 2.45) is 5.92 Å². The van der Waals surface area contributed by atoms with Crippen molar-refractivity contribution in [3.05, 3.63) is 65.9 Å². The molecule has 28 heavy (non-hydrogen) atoms. The monoisotopic (exact) mass is 378 g/mol. The number of nitrogens with one attached hydrogen (secondary N) is 1. The summed E-state index contributed by atoms with van der Waals surface area (Å²) >= 11 is 0. The van der Waals surface area contributed by atoms with Crippen molar-refractivity contribution in [3.63, 3.8) is 0 Å². The van der Waals surface area contributed by atoms with Crippen molar-refractivity contribution in [3.8, 4) is 5.75 Å². The van der Waals surface area contributed by atoms with Crippen LogP contribution < -0.4 is 10.1 Å². The maximum absolute atomic E-state index is 12.5. The van der Waals surface area contributed by atoms with Gasteiger partial charge in [-0.3, -0.25) is 9.69 Å². The average molecular weight is 378 g/mol. The maximum atomic E-state index is 12.5. The molecule has 1 fully saturated rings. The third kappa shape index (κ3) is 4.20. The smallest absolute Gasteiger partial charge is 0.287 e. The first-order valence-electron chi connectivity index (χ1n) is 9.84. The number of methoxy groups -OCH3 is 1. The summed E-state index contributed by atoms with van der Waals surface area (Å²) in [5.74, 6) is 1.32. The minimum absolute atomic E-state index is 0.162. The van der Waals surface area contributed by atoms with E-state index in [1.807, 2.05) is 18.2 Å². The van der Waals surface area contributed by atoms with Gasteiger partial charge in [0.15, 0.2) is 17.1 Å².